The second-order valence-electron chi connectivity index (χ2n) is 8.12. The van der Waals surface area contributed by atoms with Gasteiger partial charge in [0, 0.05) is 22.0 Å². The Bertz CT molecular complexity index is 1860. The zero-order valence-electron chi connectivity index (χ0n) is 20.0. The van der Waals surface area contributed by atoms with E-state index in [1.165, 1.54) is 19.4 Å². The molecule has 0 aliphatic heterocycles. The zero-order chi connectivity index (χ0) is 27.7. The minimum absolute atomic E-state index is 0.0881. The largest absolute Gasteiger partial charge is 0.493 e. The summed E-state index contributed by atoms with van der Waals surface area (Å²) in [5, 5.41) is 26.4. The molecule has 5 aromatic rings. The van der Waals surface area contributed by atoms with Gasteiger partial charge in [0.2, 0.25) is 11.6 Å². The summed E-state index contributed by atoms with van der Waals surface area (Å²) >= 11 is 6.10. The molecular weight excluding hydrogens is 532 g/mol. The predicted octanol–water partition coefficient (Wildman–Crippen LogP) is 4.73. The molecule has 0 saturated heterocycles. The molecule has 196 valence electrons. The van der Waals surface area contributed by atoms with Gasteiger partial charge < -0.3 is 19.0 Å². The molecular formula is C26H17ClN4O8. The lowest BCUT2D eigenvalue weighted by Crippen LogP contribution is -2.20. The summed E-state index contributed by atoms with van der Waals surface area (Å²) in [5.41, 5.74) is 0.0524. The van der Waals surface area contributed by atoms with Crippen LogP contribution in [-0.2, 0) is 4.79 Å². The van der Waals surface area contributed by atoms with E-state index in [0.717, 1.165) is 10.7 Å². The highest BCUT2D eigenvalue weighted by molar-refractivity contribution is 6.31. The molecule has 0 saturated carbocycles. The molecule has 0 bridgehead atoms. The first-order valence-electron chi connectivity index (χ1n) is 11.2. The number of methoxy groups -OCH3 is 1. The van der Waals surface area contributed by atoms with Crippen LogP contribution < -0.4 is 15.0 Å². The second-order valence-corrected chi connectivity index (χ2v) is 8.55. The van der Waals surface area contributed by atoms with Crippen LogP contribution in [0.4, 0.5) is 5.69 Å². The first-order valence-corrected chi connectivity index (χ1v) is 11.6. The number of rotatable bonds is 8. The first kappa shape index (κ1) is 25.4. The number of para-hydroxylation sites is 1. The van der Waals surface area contributed by atoms with Gasteiger partial charge >= 0.3 is 11.7 Å². The molecule has 0 spiro atoms. The van der Waals surface area contributed by atoms with Crippen LogP contribution in [-0.4, -0.2) is 45.6 Å². The van der Waals surface area contributed by atoms with Crippen LogP contribution in [0.25, 0.3) is 33.5 Å². The molecule has 13 heteroatoms. The molecule has 0 unspecified atom stereocenters. The lowest BCUT2D eigenvalue weighted by atomic mass is 10.2. The fourth-order valence-corrected chi connectivity index (χ4v) is 4.07. The molecule has 0 aliphatic rings. The van der Waals surface area contributed by atoms with Crippen molar-refractivity contribution in [2.45, 2.75) is 0 Å². The van der Waals surface area contributed by atoms with Crippen molar-refractivity contribution < 1.29 is 28.7 Å². The molecule has 5 rings (SSSR count). The van der Waals surface area contributed by atoms with Crippen molar-refractivity contribution in [3.8, 4) is 23.1 Å². The van der Waals surface area contributed by atoms with Crippen molar-refractivity contribution in [3.63, 3.8) is 0 Å². The summed E-state index contributed by atoms with van der Waals surface area (Å²) in [4.78, 5) is 39.9. The number of benzene rings is 3. The number of aliphatic carboxylic acids is 1. The van der Waals surface area contributed by atoms with E-state index in [1.807, 2.05) is 0 Å². The number of nitro groups is 1. The van der Waals surface area contributed by atoms with E-state index in [9.17, 15) is 19.7 Å². The van der Waals surface area contributed by atoms with E-state index in [0.29, 0.717) is 26.9 Å². The predicted molar refractivity (Wildman–Crippen MR) is 142 cm³/mol. The summed E-state index contributed by atoms with van der Waals surface area (Å²) in [6.07, 6.45) is 1.21. The van der Waals surface area contributed by atoms with Gasteiger partial charge in [-0.1, -0.05) is 23.7 Å². The van der Waals surface area contributed by atoms with E-state index in [-0.39, 0.29) is 28.6 Å². The average molecular weight is 549 g/mol. The smallest absolute Gasteiger partial charge is 0.341 e. The number of hydrogen-bond donors (Lipinski definition) is 1. The third kappa shape index (κ3) is 5.00. The number of nitrogens with zero attached hydrogens (tertiary/aromatic N) is 4. The fraction of sp³-hybridized carbons (Fsp3) is 0.0769. The van der Waals surface area contributed by atoms with Gasteiger partial charge in [-0.05, 0) is 42.5 Å². The monoisotopic (exact) mass is 548 g/mol. The van der Waals surface area contributed by atoms with Crippen LogP contribution in [0, 0.1) is 10.1 Å². The van der Waals surface area contributed by atoms with Crippen LogP contribution in [0.5, 0.6) is 11.5 Å². The Balaban J connectivity index is 1.67. The molecule has 0 atom stereocenters. The van der Waals surface area contributed by atoms with Gasteiger partial charge in [-0.25, -0.2) is 9.78 Å². The molecule has 3 aromatic carbocycles. The topological polar surface area (TPSA) is 159 Å². The van der Waals surface area contributed by atoms with Crippen LogP contribution in [0.15, 0.2) is 75.0 Å². The van der Waals surface area contributed by atoms with Gasteiger partial charge in [-0.15, -0.1) is 0 Å². The van der Waals surface area contributed by atoms with E-state index < -0.39 is 28.7 Å². The Kier molecular flexibility index (Phi) is 6.69. The number of carbonyl (C=O) groups is 1. The van der Waals surface area contributed by atoms with E-state index in [1.54, 1.807) is 48.5 Å². The summed E-state index contributed by atoms with van der Waals surface area (Å²) in [6.45, 7) is -0.811. The normalized spacial score (nSPS) is 11.3. The van der Waals surface area contributed by atoms with E-state index in [2.05, 4.69) is 10.1 Å². The SMILES string of the molecule is COc1cc(C=Nn2c(-c3cc4cc(Cl)ccc4o3)nc3ccccc3c2=O)cc([N+](=O)[O-])c1OCC(=O)O. The van der Waals surface area contributed by atoms with Crippen molar-refractivity contribution in [2.75, 3.05) is 13.7 Å². The minimum atomic E-state index is -1.32. The molecule has 0 aliphatic carbocycles. The number of ether oxygens (including phenoxy) is 2. The maximum atomic E-state index is 13.5. The van der Waals surface area contributed by atoms with Gasteiger partial charge in [0.1, 0.15) is 5.58 Å². The molecule has 0 fully saturated rings. The van der Waals surface area contributed by atoms with Crippen molar-refractivity contribution in [1.82, 2.24) is 9.66 Å². The van der Waals surface area contributed by atoms with Crippen molar-refractivity contribution >= 4 is 51.3 Å². The Morgan fingerprint density at radius 2 is 2.03 bits per heavy atom. The molecule has 39 heavy (non-hydrogen) atoms. The van der Waals surface area contributed by atoms with Crippen LogP contribution in [0.1, 0.15) is 5.56 Å². The van der Waals surface area contributed by atoms with Crippen molar-refractivity contribution in [3.05, 3.63) is 91.7 Å². The number of nitro benzene ring substituents is 1. The van der Waals surface area contributed by atoms with E-state index >= 15 is 0 Å². The quantitative estimate of drug-likeness (QED) is 0.164. The number of carboxylic acids is 1. The Labute approximate surface area is 223 Å². The van der Waals surface area contributed by atoms with Gasteiger partial charge in [-0.2, -0.15) is 9.78 Å². The maximum Gasteiger partial charge on any atom is 0.341 e. The molecule has 12 nitrogen and oxygen atoms in total. The molecule has 0 amide bonds. The number of furan rings is 1. The minimum Gasteiger partial charge on any atom is -0.493 e. The van der Waals surface area contributed by atoms with Crippen LogP contribution >= 0.6 is 11.6 Å². The molecule has 1 N–H and O–H groups in total. The summed E-state index contributed by atoms with van der Waals surface area (Å²) in [6, 6.07) is 15.9. The standard InChI is InChI=1S/C26H17ClN4O8/c1-37-21-9-14(8-19(31(35)36)24(21)38-13-23(32)33)12-28-30-25(29-18-5-3-2-4-17(18)26(30)34)22-11-15-10-16(27)6-7-20(15)39-22/h2-12H,13H2,1H3,(H,32,33). The molecule has 2 heterocycles. The van der Waals surface area contributed by atoms with Crippen LogP contribution in [0.2, 0.25) is 5.02 Å². The van der Waals surface area contributed by atoms with Gasteiger partial charge in [0.15, 0.2) is 18.1 Å². The van der Waals surface area contributed by atoms with Gasteiger partial charge in [0.05, 0.1) is 29.2 Å². The van der Waals surface area contributed by atoms with Crippen molar-refractivity contribution in [2.24, 2.45) is 5.10 Å². The maximum absolute atomic E-state index is 13.5. The summed E-state index contributed by atoms with van der Waals surface area (Å²) in [5.74, 6) is -1.43. The van der Waals surface area contributed by atoms with Gasteiger partial charge in [0.25, 0.3) is 5.56 Å². The van der Waals surface area contributed by atoms with Crippen LogP contribution in [0.3, 0.4) is 0 Å². The Morgan fingerprint density at radius 1 is 1.23 bits per heavy atom. The number of hydrogen-bond acceptors (Lipinski definition) is 9. The number of halogens is 1. The highest BCUT2D eigenvalue weighted by Gasteiger charge is 2.23. The fourth-order valence-electron chi connectivity index (χ4n) is 3.89. The lowest BCUT2D eigenvalue weighted by Gasteiger charge is -2.11. The average Bonchev–Trinajstić information content (AvgIpc) is 3.34. The number of aromatic nitrogens is 2. The second kappa shape index (κ2) is 10.3. The number of fused-ring (bicyclic) bond motifs is 2. The highest BCUT2D eigenvalue weighted by Crippen LogP contribution is 2.38. The van der Waals surface area contributed by atoms with E-state index in [4.69, 9.17) is 30.6 Å². The molecule has 0 radical (unpaired) electrons. The zero-order valence-corrected chi connectivity index (χ0v) is 20.8. The highest BCUT2D eigenvalue weighted by atomic mass is 35.5. The summed E-state index contributed by atoms with van der Waals surface area (Å²) < 4.78 is 17.2. The third-order valence-electron chi connectivity index (χ3n) is 5.59. The third-order valence-corrected chi connectivity index (χ3v) is 5.82. The number of carboxylic acid groups (broad SMARTS) is 1. The van der Waals surface area contributed by atoms with Gasteiger partial charge in [-0.3, -0.25) is 14.9 Å². The molecule has 2 aromatic heterocycles. The Morgan fingerprint density at radius 3 is 2.77 bits per heavy atom. The summed E-state index contributed by atoms with van der Waals surface area (Å²) in [7, 11) is 1.25. The Hall–Kier alpha value is -5.23. The first-order chi connectivity index (χ1) is 18.7. The lowest BCUT2D eigenvalue weighted by molar-refractivity contribution is -0.385. The van der Waals surface area contributed by atoms with Crippen molar-refractivity contribution in [1.29, 1.82) is 0 Å².